The van der Waals surface area contributed by atoms with Gasteiger partial charge in [0.25, 0.3) is 0 Å². The molecule has 0 aliphatic carbocycles. The van der Waals surface area contributed by atoms with Crippen molar-refractivity contribution in [1.29, 1.82) is 0 Å². The number of fused-ring (bicyclic) bond motifs is 1. The Balaban J connectivity index is 1.89. The van der Waals surface area contributed by atoms with E-state index in [2.05, 4.69) is 0 Å². The van der Waals surface area contributed by atoms with Gasteiger partial charge in [0.2, 0.25) is 10.0 Å². The maximum atomic E-state index is 12.5. The molecule has 1 aromatic carbocycles. The fourth-order valence-electron chi connectivity index (χ4n) is 2.31. The lowest BCUT2D eigenvalue weighted by molar-refractivity contribution is -0.120. The standard InChI is InChI=1S/C13H15NO5S/c15-10-3-5-14(6-4-10)20(16,17)11-1-2-12-13(9-11)19-8-7-18-12/h1-2,9H,3-8H2. The van der Waals surface area contributed by atoms with Crippen molar-refractivity contribution in [3.8, 4) is 11.5 Å². The molecule has 20 heavy (non-hydrogen) atoms. The lowest BCUT2D eigenvalue weighted by Crippen LogP contribution is -2.38. The second kappa shape index (κ2) is 5.06. The van der Waals surface area contributed by atoms with E-state index < -0.39 is 10.0 Å². The van der Waals surface area contributed by atoms with Crippen LogP contribution in [0.15, 0.2) is 23.1 Å². The van der Waals surface area contributed by atoms with Crippen molar-refractivity contribution in [3.05, 3.63) is 18.2 Å². The highest BCUT2D eigenvalue weighted by Gasteiger charge is 2.29. The Morgan fingerprint density at radius 1 is 1.00 bits per heavy atom. The fraction of sp³-hybridized carbons (Fsp3) is 0.462. The van der Waals surface area contributed by atoms with Crippen molar-refractivity contribution < 1.29 is 22.7 Å². The van der Waals surface area contributed by atoms with Crippen LogP contribution in [0.4, 0.5) is 0 Å². The lowest BCUT2D eigenvalue weighted by Gasteiger charge is -2.26. The van der Waals surface area contributed by atoms with Crippen LogP contribution in [0.1, 0.15) is 12.8 Å². The molecule has 0 aromatic heterocycles. The van der Waals surface area contributed by atoms with Gasteiger partial charge in [0.15, 0.2) is 11.5 Å². The number of sulfonamides is 1. The minimum atomic E-state index is -3.57. The molecule has 0 atom stereocenters. The summed E-state index contributed by atoms with van der Waals surface area (Å²) in [7, 11) is -3.57. The van der Waals surface area contributed by atoms with Crippen molar-refractivity contribution in [2.24, 2.45) is 0 Å². The molecule has 2 aliphatic rings. The molecule has 0 radical (unpaired) electrons. The third-order valence-corrected chi connectivity index (χ3v) is 5.33. The van der Waals surface area contributed by atoms with E-state index in [1.54, 1.807) is 6.07 Å². The summed E-state index contributed by atoms with van der Waals surface area (Å²) in [5.74, 6) is 1.12. The Hall–Kier alpha value is -1.60. The van der Waals surface area contributed by atoms with Crippen LogP contribution in [0.25, 0.3) is 0 Å². The molecular formula is C13H15NO5S. The molecule has 0 unspecified atom stereocenters. The number of carbonyl (C=O) groups is 1. The quantitative estimate of drug-likeness (QED) is 0.808. The van der Waals surface area contributed by atoms with E-state index in [1.165, 1.54) is 16.4 Å². The molecule has 7 heteroatoms. The van der Waals surface area contributed by atoms with Gasteiger partial charge in [-0.15, -0.1) is 0 Å². The summed E-state index contributed by atoms with van der Waals surface area (Å²) in [6.45, 7) is 1.37. The minimum Gasteiger partial charge on any atom is -0.486 e. The molecule has 1 fully saturated rings. The van der Waals surface area contributed by atoms with Crippen LogP contribution in [0.2, 0.25) is 0 Å². The van der Waals surface area contributed by atoms with Gasteiger partial charge in [-0.1, -0.05) is 0 Å². The molecule has 1 aromatic rings. The number of rotatable bonds is 2. The topological polar surface area (TPSA) is 72.9 Å². The lowest BCUT2D eigenvalue weighted by atomic mass is 10.1. The molecule has 3 rings (SSSR count). The molecule has 1 saturated heterocycles. The summed E-state index contributed by atoms with van der Waals surface area (Å²) < 4.78 is 37.1. The fourth-order valence-corrected chi connectivity index (χ4v) is 3.77. The van der Waals surface area contributed by atoms with Gasteiger partial charge in [0.05, 0.1) is 4.90 Å². The normalized spacial score (nSPS) is 19.9. The van der Waals surface area contributed by atoms with Gasteiger partial charge in [-0.25, -0.2) is 8.42 Å². The highest BCUT2D eigenvalue weighted by atomic mass is 32.2. The Labute approximate surface area is 117 Å². The first kappa shape index (κ1) is 13.4. The number of piperidine rings is 1. The number of nitrogens with zero attached hydrogens (tertiary/aromatic N) is 1. The van der Waals surface area contributed by atoms with Crippen molar-refractivity contribution in [2.45, 2.75) is 17.7 Å². The number of Topliss-reactive ketones (excluding diaryl/α,β-unsaturated/α-hetero) is 1. The van der Waals surface area contributed by atoms with Crippen molar-refractivity contribution in [1.82, 2.24) is 4.31 Å². The van der Waals surface area contributed by atoms with Crippen LogP contribution in [0.5, 0.6) is 11.5 Å². The van der Waals surface area contributed by atoms with Gasteiger partial charge >= 0.3 is 0 Å². The number of ether oxygens (including phenoxy) is 2. The van der Waals surface area contributed by atoms with Crippen LogP contribution >= 0.6 is 0 Å². The van der Waals surface area contributed by atoms with Gasteiger partial charge in [-0.05, 0) is 12.1 Å². The van der Waals surface area contributed by atoms with Crippen LogP contribution in [0, 0.1) is 0 Å². The van der Waals surface area contributed by atoms with E-state index in [4.69, 9.17) is 9.47 Å². The number of hydrogen-bond acceptors (Lipinski definition) is 5. The van der Waals surface area contributed by atoms with Gasteiger partial charge in [-0.2, -0.15) is 4.31 Å². The zero-order valence-electron chi connectivity index (χ0n) is 10.9. The molecule has 0 saturated carbocycles. The highest BCUT2D eigenvalue weighted by molar-refractivity contribution is 7.89. The molecule has 2 aliphatic heterocycles. The van der Waals surface area contributed by atoms with E-state index >= 15 is 0 Å². The Morgan fingerprint density at radius 3 is 2.35 bits per heavy atom. The molecular weight excluding hydrogens is 282 g/mol. The summed E-state index contributed by atoms with van der Waals surface area (Å²) in [6.07, 6.45) is 0.563. The predicted molar refractivity (Wildman–Crippen MR) is 70.4 cm³/mol. The zero-order valence-corrected chi connectivity index (χ0v) is 11.7. The number of benzene rings is 1. The monoisotopic (exact) mass is 297 g/mol. The SMILES string of the molecule is O=C1CCN(S(=O)(=O)c2ccc3c(c2)OCCO3)CC1. The summed E-state index contributed by atoms with van der Waals surface area (Å²) >= 11 is 0. The molecule has 0 spiro atoms. The third-order valence-electron chi connectivity index (χ3n) is 3.43. The van der Waals surface area contributed by atoms with Crippen LogP contribution in [-0.2, 0) is 14.8 Å². The first-order valence-electron chi connectivity index (χ1n) is 6.49. The maximum Gasteiger partial charge on any atom is 0.243 e. The van der Waals surface area contributed by atoms with E-state index in [0.717, 1.165) is 0 Å². The van der Waals surface area contributed by atoms with E-state index in [9.17, 15) is 13.2 Å². The van der Waals surface area contributed by atoms with Gasteiger partial charge < -0.3 is 9.47 Å². The largest absolute Gasteiger partial charge is 0.486 e. The van der Waals surface area contributed by atoms with Crippen LogP contribution in [0.3, 0.4) is 0 Å². The van der Waals surface area contributed by atoms with Crippen molar-refractivity contribution in [2.75, 3.05) is 26.3 Å². The summed E-state index contributed by atoms with van der Waals surface area (Å²) in [6, 6.07) is 4.61. The van der Waals surface area contributed by atoms with Crippen molar-refractivity contribution in [3.63, 3.8) is 0 Å². The average Bonchev–Trinajstić information content (AvgIpc) is 2.47. The first-order chi connectivity index (χ1) is 9.57. The molecule has 0 N–H and O–H groups in total. The van der Waals surface area contributed by atoms with E-state index in [1.807, 2.05) is 0 Å². The average molecular weight is 297 g/mol. The van der Waals surface area contributed by atoms with Gasteiger partial charge in [0, 0.05) is 32.0 Å². The smallest absolute Gasteiger partial charge is 0.243 e. The first-order valence-corrected chi connectivity index (χ1v) is 7.93. The Morgan fingerprint density at radius 2 is 1.65 bits per heavy atom. The van der Waals surface area contributed by atoms with E-state index in [-0.39, 0.29) is 36.6 Å². The molecule has 2 heterocycles. The molecule has 0 amide bonds. The van der Waals surface area contributed by atoms with Crippen LogP contribution < -0.4 is 9.47 Å². The number of carbonyl (C=O) groups excluding carboxylic acids is 1. The Kier molecular flexibility index (Phi) is 3.39. The van der Waals surface area contributed by atoms with Gasteiger partial charge in [-0.3, -0.25) is 4.79 Å². The van der Waals surface area contributed by atoms with Crippen molar-refractivity contribution >= 4 is 15.8 Å². The van der Waals surface area contributed by atoms with Gasteiger partial charge in [0.1, 0.15) is 19.0 Å². The zero-order chi connectivity index (χ0) is 14.2. The second-order valence-corrected chi connectivity index (χ2v) is 6.69. The summed E-state index contributed by atoms with van der Waals surface area (Å²) in [5.41, 5.74) is 0. The second-order valence-electron chi connectivity index (χ2n) is 4.75. The predicted octanol–water partition coefficient (Wildman–Crippen LogP) is 0.811. The summed E-state index contributed by atoms with van der Waals surface area (Å²) in [5, 5.41) is 0. The third kappa shape index (κ3) is 2.38. The number of hydrogen-bond donors (Lipinski definition) is 0. The van der Waals surface area contributed by atoms with E-state index in [0.29, 0.717) is 24.7 Å². The number of ketones is 1. The van der Waals surface area contributed by atoms with Crippen LogP contribution in [-0.4, -0.2) is 44.8 Å². The maximum absolute atomic E-state index is 12.5. The minimum absolute atomic E-state index is 0.110. The molecule has 6 nitrogen and oxygen atoms in total. The molecule has 108 valence electrons. The summed E-state index contributed by atoms with van der Waals surface area (Å²) in [4.78, 5) is 11.4. The Bertz CT molecular complexity index is 630. The molecule has 0 bridgehead atoms. The highest BCUT2D eigenvalue weighted by Crippen LogP contribution is 2.33.